The molecule has 1 fully saturated rings. The number of halogens is 1. The Kier molecular flexibility index (Phi) is 6.41. The smallest absolute Gasteiger partial charge is 0.256 e. The van der Waals surface area contributed by atoms with Gasteiger partial charge in [-0.15, -0.1) is 0 Å². The molecule has 5 rings (SSSR count). The normalized spacial score (nSPS) is 22.1. The lowest BCUT2D eigenvalue weighted by molar-refractivity contribution is 0.0457. The van der Waals surface area contributed by atoms with Gasteiger partial charge in [-0.1, -0.05) is 29.8 Å². The Morgan fingerprint density at radius 1 is 1.03 bits per heavy atom. The summed E-state index contributed by atoms with van der Waals surface area (Å²) in [6.07, 6.45) is 2.79. The molecular weight excluding hydrogens is 460 g/mol. The van der Waals surface area contributed by atoms with Crippen LogP contribution in [0.2, 0.25) is 5.02 Å². The fourth-order valence-electron chi connectivity index (χ4n) is 5.95. The van der Waals surface area contributed by atoms with Crippen LogP contribution in [0.3, 0.4) is 0 Å². The zero-order valence-corrected chi connectivity index (χ0v) is 21.5. The third kappa shape index (κ3) is 4.05. The minimum absolute atomic E-state index is 0.0660. The lowest BCUT2D eigenvalue weighted by atomic mass is 9.90. The van der Waals surface area contributed by atoms with Gasteiger partial charge in [0.25, 0.3) is 5.91 Å². The third-order valence-corrected chi connectivity index (χ3v) is 7.80. The largest absolute Gasteiger partial charge is 0.496 e. The van der Waals surface area contributed by atoms with Crippen molar-refractivity contribution in [2.75, 3.05) is 7.11 Å². The molecular formula is C29H33ClN2O3. The van der Waals surface area contributed by atoms with Crippen molar-refractivity contribution in [2.24, 2.45) is 0 Å². The van der Waals surface area contributed by atoms with E-state index in [-0.39, 0.29) is 30.1 Å². The topological polar surface area (TPSA) is 54.7 Å². The van der Waals surface area contributed by atoms with Gasteiger partial charge in [-0.2, -0.15) is 0 Å². The Labute approximate surface area is 212 Å². The van der Waals surface area contributed by atoms with E-state index in [4.69, 9.17) is 16.3 Å². The van der Waals surface area contributed by atoms with Crippen LogP contribution >= 0.6 is 11.6 Å². The van der Waals surface area contributed by atoms with Gasteiger partial charge in [0.2, 0.25) is 0 Å². The number of amides is 1. The van der Waals surface area contributed by atoms with Crippen LogP contribution < -0.4 is 4.74 Å². The van der Waals surface area contributed by atoms with Crippen LogP contribution in [0, 0.1) is 6.92 Å². The first-order valence-corrected chi connectivity index (χ1v) is 12.8. The maximum Gasteiger partial charge on any atom is 0.256 e. The zero-order chi connectivity index (χ0) is 24.9. The van der Waals surface area contributed by atoms with Gasteiger partial charge in [0.1, 0.15) is 5.75 Å². The van der Waals surface area contributed by atoms with Crippen molar-refractivity contribution in [1.29, 1.82) is 0 Å². The first-order chi connectivity index (χ1) is 16.8. The maximum atomic E-state index is 14.1. The van der Waals surface area contributed by atoms with Crippen LogP contribution in [0.1, 0.15) is 78.8 Å². The summed E-state index contributed by atoms with van der Waals surface area (Å²) in [5.74, 6) is 0.853. The van der Waals surface area contributed by atoms with E-state index in [1.165, 1.54) is 0 Å². The summed E-state index contributed by atoms with van der Waals surface area (Å²) < 4.78 is 7.99. The number of hydrogen-bond donors (Lipinski definition) is 1. The van der Waals surface area contributed by atoms with Gasteiger partial charge in [-0.25, -0.2) is 0 Å². The quantitative estimate of drug-likeness (QED) is 0.439. The highest BCUT2D eigenvalue weighted by Crippen LogP contribution is 2.48. The second-order valence-electron chi connectivity index (χ2n) is 10.1. The molecule has 3 aromatic rings. The van der Waals surface area contributed by atoms with Crippen LogP contribution in [0.5, 0.6) is 5.75 Å². The molecule has 1 aliphatic carbocycles. The highest BCUT2D eigenvalue weighted by molar-refractivity contribution is 6.30. The Balaban J connectivity index is 1.73. The predicted octanol–water partition coefficient (Wildman–Crippen LogP) is 6.56. The molecule has 0 saturated heterocycles. The maximum absolute atomic E-state index is 14.1. The number of carbonyl (C=O) groups is 1. The molecule has 0 spiro atoms. The Morgan fingerprint density at radius 3 is 2.40 bits per heavy atom. The molecule has 184 valence electrons. The average Bonchev–Trinajstić information content (AvgIpc) is 3.35. The van der Waals surface area contributed by atoms with Crippen molar-refractivity contribution in [2.45, 2.75) is 70.7 Å². The molecule has 2 heterocycles. The van der Waals surface area contributed by atoms with Crippen LogP contribution in [-0.2, 0) is 0 Å². The number of ether oxygens (including phenoxy) is 1. The molecule has 1 atom stereocenters. The number of aryl methyl sites for hydroxylation is 1. The molecule has 6 heteroatoms. The summed E-state index contributed by atoms with van der Waals surface area (Å²) in [6.45, 7) is 6.39. The van der Waals surface area contributed by atoms with Crippen LogP contribution in [0.25, 0.3) is 11.3 Å². The number of nitrogens with zero attached hydrogens (tertiary/aromatic N) is 2. The van der Waals surface area contributed by atoms with Crippen molar-refractivity contribution in [3.8, 4) is 17.0 Å². The van der Waals surface area contributed by atoms with Gasteiger partial charge in [-0.05, 0) is 87.9 Å². The van der Waals surface area contributed by atoms with Gasteiger partial charge in [0, 0.05) is 22.7 Å². The van der Waals surface area contributed by atoms with E-state index < -0.39 is 0 Å². The fourth-order valence-corrected chi connectivity index (χ4v) is 6.18. The molecule has 1 aliphatic heterocycles. The second-order valence-corrected chi connectivity index (χ2v) is 10.5. The lowest BCUT2D eigenvalue weighted by Gasteiger charge is -2.38. The molecule has 1 saturated carbocycles. The Hall–Kier alpha value is -2.76. The summed E-state index contributed by atoms with van der Waals surface area (Å²) in [5.41, 5.74) is 5.92. The van der Waals surface area contributed by atoms with E-state index in [9.17, 15) is 9.90 Å². The lowest BCUT2D eigenvalue weighted by Crippen LogP contribution is -2.42. The second kappa shape index (κ2) is 9.36. The van der Waals surface area contributed by atoms with Gasteiger partial charge < -0.3 is 19.3 Å². The number of aliphatic hydroxyl groups excluding tert-OH is 1. The van der Waals surface area contributed by atoms with Crippen LogP contribution in [0.15, 0.2) is 48.5 Å². The number of aromatic nitrogens is 1. The van der Waals surface area contributed by atoms with E-state index in [0.717, 1.165) is 65.1 Å². The minimum Gasteiger partial charge on any atom is -0.496 e. The number of fused-ring (bicyclic) bond motifs is 1. The van der Waals surface area contributed by atoms with Gasteiger partial charge in [0.15, 0.2) is 0 Å². The molecule has 0 radical (unpaired) electrons. The molecule has 35 heavy (non-hydrogen) atoms. The highest BCUT2D eigenvalue weighted by atomic mass is 35.5. The molecule has 2 aliphatic rings. The Morgan fingerprint density at radius 2 is 1.74 bits per heavy atom. The van der Waals surface area contributed by atoms with E-state index in [0.29, 0.717) is 5.02 Å². The minimum atomic E-state index is -0.274. The molecule has 1 amide bonds. The van der Waals surface area contributed by atoms with Crippen molar-refractivity contribution in [3.05, 3.63) is 75.9 Å². The first kappa shape index (κ1) is 24.0. The molecule has 5 nitrogen and oxygen atoms in total. The molecule has 2 aromatic carbocycles. The average molecular weight is 493 g/mol. The van der Waals surface area contributed by atoms with Gasteiger partial charge in [0.05, 0.1) is 36.2 Å². The monoisotopic (exact) mass is 492 g/mol. The molecule has 1 N–H and O–H groups in total. The number of methoxy groups -OCH3 is 1. The molecule has 1 aromatic heterocycles. The van der Waals surface area contributed by atoms with E-state index >= 15 is 0 Å². The van der Waals surface area contributed by atoms with Crippen molar-refractivity contribution in [3.63, 3.8) is 0 Å². The number of hydrogen-bond acceptors (Lipinski definition) is 3. The summed E-state index contributed by atoms with van der Waals surface area (Å²) in [7, 11) is 1.68. The van der Waals surface area contributed by atoms with Crippen molar-refractivity contribution in [1.82, 2.24) is 9.47 Å². The van der Waals surface area contributed by atoms with Crippen molar-refractivity contribution < 1.29 is 14.6 Å². The van der Waals surface area contributed by atoms with Gasteiger partial charge >= 0.3 is 0 Å². The van der Waals surface area contributed by atoms with E-state index in [1.807, 2.05) is 36.4 Å². The number of carbonyl (C=O) groups excluding carboxylic acids is 1. The fraction of sp³-hybridized carbons (Fsp3) is 0.414. The number of benzene rings is 2. The summed E-state index contributed by atoms with van der Waals surface area (Å²) in [4.78, 5) is 16.2. The number of rotatable bonds is 5. The summed E-state index contributed by atoms with van der Waals surface area (Å²) in [6, 6.07) is 16.0. The molecule has 0 bridgehead atoms. The zero-order valence-electron chi connectivity index (χ0n) is 20.8. The van der Waals surface area contributed by atoms with Crippen LogP contribution in [-0.4, -0.2) is 39.7 Å². The number of aliphatic hydroxyl groups is 1. The Bertz CT molecular complexity index is 1260. The summed E-state index contributed by atoms with van der Waals surface area (Å²) in [5, 5.41) is 10.8. The van der Waals surface area contributed by atoms with E-state index in [2.05, 4.69) is 42.4 Å². The molecule has 1 unspecified atom stereocenters. The van der Waals surface area contributed by atoms with Gasteiger partial charge in [-0.3, -0.25) is 4.79 Å². The third-order valence-electron chi connectivity index (χ3n) is 7.56. The first-order valence-electron chi connectivity index (χ1n) is 12.5. The number of para-hydroxylation sites is 1. The predicted molar refractivity (Wildman–Crippen MR) is 139 cm³/mol. The van der Waals surface area contributed by atoms with E-state index in [1.54, 1.807) is 7.11 Å². The van der Waals surface area contributed by atoms with Crippen molar-refractivity contribution >= 4 is 17.5 Å². The summed E-state index contributed by atoms with van der Waals surface area (Å²) >= 11 is 6.33. The SMILES string of the molecule is COc1ccccc1-c1cc2c(n1C(C)C)C(c1ccc(Cl)cc1C)N(C1CCC(O)CC1)C2=O. The standard InChI is InChI=1S/C29H33ClN2O3/c1-17(2)31-25(23-7-5-6-8-26(23)35-4)16-24-28(31)27(22-14-9-19(30)15-18(22)3)32(29(24)34)20-10-12-21(33)13-11-20/h5-9,14-17,20-21,27,33H,10-13H2,1-4H3. The van der Waals surface area contributed by atoms with Crippen LogP contribution in [0.4, 0.5) is 0 Å². The highest BCUT2D eigenvalue weighted by Gasteiger charge is 2.46.